The van der Waals surface area contributed by atoms with Crippen molar-refractivity contribution in [2.75, 3.05) is 13.2 Å². The summed E-state index contributed by atoms with van der Waals surface area (Å²) in [5.74, 6) is 2.27. The standard InChI is InChI=1S/C18H24N4OS/c1-2-19-18(22-11-16-7-8-24-13-16)21-10-15-5-6-17(20-9-15)23-12-14-3-4-14/h5-9,13-14H,2-4,10-12H2,1H3,(H2,19,21,22). The molecule has 0 aliphatic heterocycles. The number of thiophene rings is 1. The number of ether oxygens (including phenoxy) is 1. The van der Waals surface area contributed by atoms with Crippen LogP contribution in [0.15, 0.2) is 40.1 Å². The molecule has 1 saturated carbocycles. The van der Waals surface area contributed by atoms with Crippen molar-refractivity contribution in [2.45, 2.75) is 32.9 Å². The summed E-state index contributed by atoms with van der Waals surface area (Å²) in [6.45, 7) is 5.07. The number of rotatable bonds is 8. The van der Waals surface area contributed by atoms with Gasteiger partial charge in [0, 0.05) is 25.4 Å². The van der Waals surface area contributed by atoms with E-state index in [2.05, 4.69) is 44.4 Å². The van der Waals surface area contributed by atoms with Gasteiger partial charge in [0.25, 0.3) is 0 Å². The van der Waals surface area contributed by atoms with Gasteiger partial charge in [-0.15, -0.1) is 0 Å². The quantitative estimate of drug-likeness (QED) is 0.570. The Hall–Kier alpha value is -2.08. The number of aliphatic imine (C=N–C) groups is 1. The molecule has 2 aromatic rings. The highest BCUT2D eigenvalue weighted by Crippen LogP contribution is 2.29. The van der Waals surface area contributed by atoms with Gasteiger partial charge < -0.3 is 15.4 Å². The Balaban J connectivity index is 1.48. The Bertz CT molecular complexity index is 636. The van der Waals surface area contributed by atoms with Crippen molar-refractivity contribution in [3.63, 3.8) is 0 Å². The lowest BCUT2D eigenvalue weighted by atomic mass is 10.3. The van der Waals surface area contributed by atoms with Gasteiger partial charge in [-0.05, 0) is 53.6 Å². The Labute approximate surface area is 147 Å². The second-order valence-corrected chi connectivity index (χ2v) is 6.72. The van der Waals surface area contributed by atoms with E-state index in [0.29, 0.717) is 19.0 Å². The molecule has 2 heterocycles. The normalized spacial score (nSPS) is 14.5. The van der Waals surface area contributed by atoms with Gasteiger partial charge in [0.05, 0.1) is 13.2 Å². The molecule has 1 aliphatic carbocycles. The van der Waals surface area contributed by atoms with Gasteiger partial charge >= 0.3 is 0 Å². The van der Waals surface area contributed by atoms with Gasteiger partial charge in [0.2, 0.25) is 5.88 Å². The predicted molar refractivity (Wildman–Crippen MR) is 98.4 cm³/mol. The van der Waals surface area contributed by atoms with Gasteiger partial charge in [-0.1, -0.05) is 6.07 Å². The van der Waals surface area contributed by atoms with Crippen molar-refractivity contribution in [1.29, 1.82) is 0 Å². The molecule has 0 atom stereocenters. The summed E-state index contributed by atoms with van der Waals surface area (Å²) in [4.78, 5) is 8.97. The van der Waals surface area contributed by atoms with Crippen LogP contribution in [0.1, 0.15) is 30.9 Å². The fourth-order valence-electron chi connectivity index (χ4n) is 2.17. The van der Waals surface area contributed by atoms with Crippen LogP contribution in [0.2, 0.25) is 0 Å². The third kappa shape index (κ3) is 5.53. The average molecular weight is 344 g/mol. The SMILES string of the molecule is CCNC(=NCc1ccsc1)NCc1ccc(OCC2CC2)nc1. The third-order valence-corrected chi connectivity index (χ3v) is 4.50. The van der Waals surface area contributed by atoms with E-state index >= 15 is 0 Å². The van der Waals surface area contributed by atoms with Crippen LogP contribution in [-0.4, -0.2) is 24.1 Å². The Morgan fingerprint density at radius 3 is 2.88 bits per heavy atom. The van der Waals surface area contributed by atoms with Crippen LogP contribution in [0.3, 0.4) is 0 Å². The minimum absolute atomic E-state index is 0.686. The molecule has 3 rings (SSSR count). The molecule has 2 aromatic heterocycles. The first kappa shape index (κ1) is 16.8. The summed E-state index contributed by atoms with van der Waals surface area (Å²) in [6.07, 6.45) is 4.44. The van der Waals surface area contributed by atoms with Gasteiger partial charge in [0.1, 0.15) is 0 Å². The Kier molecular flexibility index (Phi) is 6.07. The molecule has 0 radical (unpaired) electrons. The van der Waals surface area contributed by atoms with E-state index in [-0.39, 0.29) is 0 Å². The zero-order valence-corrected chi connectivity index (χ0v) is 14.8. The van der Waals surface area contributed by atoms with Gasteiger partial charge in [-0.25, -0.2) is 9.98 Å². The van der Waals surface area contributed by atoms with Crippen LogP contribution >= 0.6 is 11.3 Å². The maximum Gasteiger partial charge on any atom is 0.213 e. The van der Waals surface area contributed by atoms with E-state index in [1.54, 1.807) is 11.3 Å². The number of hydrogen-bond acceptors (Lipinski definition) is 4. The monoisotopic (exact) mass is 344 g/mol. The molecular formula is C18H24N4OS. The number of hydrogen-bond donors (Lipinski definition) is 2. The number of nitrogens with one attached hydrogen (secondary N) is 2. The lowest BCUT2D eigenvalue weighted by Crippen LogP contribution is -2.36. The molecule has 0 amide bonds. The van der Waals surface area contributed by atoms with Gasteiger partial charge in [-0.2, -0.15) is 11.3 Å². The highest BCUT2D eigenvalue weighted by molar-refractivity contribution is 7.07. The van der Waals surface area contributed by atoms with Crippen molar-refractivity contribution < 1.29 is 4.74 Å². The molecule has 2 N–H and O–H groups in total. The lowest BCUT2D eigenvalue weighted by Gasteiger charge is -2.11. The lowest BCUT2D eigenvalue weighted by molar-refractivity contribution is 0.288. The molecule has 0 aromatic carbocycles. The second-order valence-electron chi connectivity index (χ2n) is 5.94. The molecule has 0 bridgehead atoms. The molecule has 0 saturated heterocycles. The van der Waals surface area contributed by atoms with Crippen molar-refractivity contribution >= 4 is 17.3 Å². The Morgan fingerprint density at radius 2 is 2.21 bits per heavy atom. The topological polar surface area (TPSA) is 58.5 Å². The highest BCUT2D eigenvalue weighted by atomic mass is 32.1. The smallest absolute Gasteiger partial charge is 0.213 e. The second kappa shape index (κ2) is 8.68. The molecule has 24 heavy (non-hydrogen) atoms. The van der Waals surface area contributed by atoms with E-state index in [9.17, 15) is 0 Å². The summed E-state index contributed by atoms with van der Waals surface area (Å²) in [7, 11) is 0. The van der Waals surface area contributed by atoms with Gasteiger partial charge in [0.15, 0.2) is 5.96 Å². The van der Waals surface area contributed by atoms with E-state index in [4.69, 9.17) is 4.74 Å². The van der Waals surface area contributed by atoms with Crippen molar-refractivity contribution in [1.82, 2.24) is 15.6 Å². The van der Waals surface area contributed by atoms with Crippen LogP contribution in [0, 0.1) is 5.92 Å². The predicted octanol–water partition coefficient (Wildman–Crippen LogP) is 3.19. The number of aromatic nitrogens is 1. The minimum atomic E-state index is 0.686. The van der Waals surface area contributed by atoms with Crippen LogP contribution in [0.25, 0.3) is 0 Å². The third-order valence-electron chi connectivity index (χ3n) is 3.77. The first-order chi connectivity index (χ1) is 11.8. The molecule has 1 fully saturated rings. The molecule has 0 unspecified atom stereocenters. The fourth-order valence-corrected chi connectivity index (χ4v) is 2.83. The first-order valence-electron chi connectivity index (χ1n) is 8.44. The maximum atomic E-state index is 5.66. The van der Waals surface area contributed by atoms with E-state index in [0.717, 1.165) is 30.6 Å². The Morgan fingerprint density at radius 1 is 1.29 bits per heavy atom. The molecule has 128 valence electrons. The summed E-state index contributed by atoms with van der Waals surface area (Å²) >= 11 is 1.70. The minimum Gasteiger partial charge on any atom is -0.477 e. The summed E-state index contributed by atoms with van der Waals surface area (Å²) in [5, 5.41) is 10.8. The first-order valence-corrected chi connectivity index (χ1v) is 9.38. The number of nitrogens with zero attached hydrogens (tertiary/aromatic N) is 2. The van der Waals surface area contributed by atoms with Crippen LogP contribution in [-0.2, 0) is 13.1 Å². The van der Waals surface area contributed by atoms with Gasteiger partial charge in [-0.3, -0.25) is 0 Å². The molecule has 6 heteroatoms. The largest absolute Gasteiger partial charge is 0.477 e. The zero-order chi connectivity index (χ0) is 16.6. The summed E-state index contributed by atoms with van der Waals surface area (Å²) in [6, 6.07) is 6.08. The van der Waals surface area contributed by atoms with Crippen molar-refractivity contribution in [3.8, 4) is 5.88 Å². The van der Waals surface area contributed by atoms with Crippen LogP contribution in [0.5, 0.6) is 5.88 Å². The molecule has 1 aliphatic rings. The molecular weight excluding hydrogens is 320 g/mol. The number of pyridine rings is 1. The van der Waals surface area contributed by atoms with E-state index < -0.39 is 0 Å². The maximum absolute atomic E-state index is 5.66. The van der Waals surface area contributed by atoms with Crippen LogP contribution < -0.4 is 15.4 Å². The van der Waals surface area contributed by atoms with Crippen LogP contribution in [0.4, 0.5) is 0 Å². The average Bonchev–Trinajstić information content (AvgIpc) is 3.30. The van der Waals surface area contributed by atoms with E-state index in [1.807, 2.05) is 18.3 Å². The van der Waals surface area contributed by atoms with Crippen molar-refractivity contribution in [3.05, 3.63) is 46.3 Å². The molecule has 5 nitrogen and oxygen atoms in total. The zero-order valence-electron chi connectivity index (χ0n) is 14.0. The van der Waals surface area contributed by atoms with Crippen molar-refractivity contribution in [2.24, 2.45) is 10.9 Å². The summed E-state index contributed by atoms with van der Waals surface area (Å²) < 4.78 is 5.66. The fraction of sp³-hybridized carbons (Fsp3) is 0.444. The highest BCUT2D eigenvalue weighted by Gasteiger charge is 2.21. The number of guanidine groups is 1. The molecule has 0 spiro atoms. The van der Waals surface area contributed by atoms with E-state index in [1.165, 1.54) is 18.4 Å². The summed E-state index contributed by atoms with van der Waals surface area (Å²) in [5.41, 5.74) is 2.34.